The molecule has 3 rings (SSSR count). The summed E-state index contributed by atoms with van der Waals surface area (Å²) in [6, 6.07) is 0. The maximum atomic E-state index is 12.4. The highest BCUT2D eigenvalue weighted by Crippen LogP contribution is 2.42. The van der Waals surface area contributed by atoms with Gasteiger partial charge in [0, 0.05) is 6.42 Å². The third kappa shape index (κ3) is 4.50. The molecule has 162 valence electrons. The number of H-pyrrole nitrogens is 1. The highest BCUT2D eigenvalue weighted by atomic mass is 31.2. The van der Waals surface area contributed by atoms with Gasteiger partial charge in [0.25, 0.3) is 5.56 Å². The molecule has 1 unspecified atom stereocenters. The van der Waals surface area contributed by atoms with Gasteiger partial charge in [0.2, 0.25) is 0 Å². The maximum absolute atomic E-state index is 12.4. The molecule has 3 N–H and O–H groups in total. The Balaban J connectivity index is 2.04. The minimum atomic E-state index is -1.33. The number of aliphatic hydroxyl groups is 2. The Hall–Kier alpha value is -1.47. The lowest BCUT2D eigenvalue weighted by Gasteiger charge is -2.26. The number of hydrogen-bond donors (Lipinski definition) is 3. The molecule has 0 aliphatic carbocycles. The molecule has 5 atom stereocenters. The Kier molecular flexibility index (Phi) is 6.39. The van der Waals surface area contributed by atoms with Crippen molar-refractivity contribution in [3.8, 4) is 0 Å². The van der Waals surface area contributed by atoms with E-state index in [1.165, 1.54) is 0 Å². The fourth-order valence-corrected chi connectivity index (χ4v) is 5.94. The van der Waals surface area contributed by atoms with Crippen molar-refractivity contribution in [1.29, 1.82) is 0 Å². The summed E-state index contributed by atoms with van der Waals surface area (Å²) in [5.74, 6) is 1.14. The molecule has 3 heterocycles. The van der Waals surface area contributed by atoms with Gasteiger partial charge in [0.1, 0.15) is 23.9 Å². The number of aliphatic hydroxyl groups excluding tert-OH is 2. The van der Waals surface area contributed by atoms with E-state index in [-0.39, 0.29) is 17.0 Å². The first kappa shape index (κ1) is 22.2. The summed E-state index contributed by atoms with van der Waals surface area (Å²) in [5, 5.41) is 21.6. The quantitative estimate of drug-likeness (QED) is 0.584. The van der Waals surface area contributed by atoms with E-state index in [0.29, 0.717) is 23.7 Å². The predicted octanol–water partition coefficient (Wildman–Crippen LogP) is 1.74. The number of nitrogens with one attached hydrogen (secondary N) is 1. The molecule has 0 spiro atoms. The lowest BCUT2D eigenvalue weighted by Crippen LogP contribution is -2.36. The average Bonchev–Trinajstić information content (AvgIpc) is 3.10. The highest BCUT2D eigenvalue weighted by Gasteiger charge is 2.47. The van der Waals surface area contributed by atoms with Crippen molar-refractivity contribution in [2.75, 3.05) is 19.5 Å². The second-order valence-corrected chi connectivity index (χ2v) is 13.1. The smallest absolute Gasteiger partial charge is 0.279 e. The second-order valence-electron chi connectivity index (χ2n) is 8.89. The van der Waals surface area contributed by atoms with Gasteiger partial charge in [0.15, 0.2) is 17.4 Å². The lowest BCUT2D eigenvalue weighted by molar-refractivity contribution is -0.0499. The number of ether oxygens (including phenoxy) is 1. The summed E-state index contributed by atoms with van der Waals surface area (Å²) >= 11 is 0. The fourth-order valence-electron chi connectivity index (χ4n) is 4.17. The largest absolute Gasteiger partial charge is 0.388 e. The van der Waals surface area contributed by atoms with Crippen molar-refractivity contribution in [3.63, 3.8) is 0 Å². The van der Waals surface area contributed by atoms with Gasteiger partial charge < -0.3 is 19.9 Å². The van der Waals surface area contributed by atoms with Gasteiger partial charge in [-0.25, -0.2) is 9.97 Å². The summed E-state index contributed by atoms with van der Waals surface area (Å²) in [6.45, 7) is 8.76. The molecule has 0 amide bonds. The van der Waals surface area contributed by atoms with Gasteiger partial charge in [-0.15, -0.1) is 13.2 Å². The Labute approximate surface area is 171 Å². The van der Waals surface area contributed by atoms with Crippen molar-refractivity contribution >= 4 is 24.3 Å². The molecule has 2 aromatic rings. The van der Waals surface area contributed by atoms with Gasteiger partial charge >= 0.3 is 0 Å². The molecule has 8 nitrogen and oxygen atoms in total. The zero-order valence-corrected chi connectivity index (χ0v) is 18.8. The minimum absolute atomic E-state index is 0.0393. The van der Waals surface area contributed by atoms with Gasteiger partial charge in [-0.2, -0.15) is 0 Å². The standard InChI is InChI=1S/C20H33N4O4P/c1-7-8-9-13-23-14-18(21-12(3)22-19(14)27)24(13)20-16(26)15(25)17(28-20)11(2)10-29(4,5)6/h11,15-17,20,25-26H,4,7-10H2,1-3,5-6H3,(H,21,22,27)/t11?,15-,16+,17+,20+/m0/s1. The van der Waals surface area contributed by atoms with E-state index in [0.717, 1.165) is 19.0 Å². The van der Waals surface area contributed by atoms with E-state index in [1.807, 2.05) is 6.92 Å². The van der Waals surface area contributed by atoms with E-state index in [1.54, 1.807) is 11.5 Å². The molecule has 1 saturated heterocycles. The number of aryl methyl sites for hydroxylation is 2. The topological polar surface area (TPSA) is 113 Å². The van der Waals surface area contributed by atoms with E-state index in [2.05, 4.69) is 41.5 Å². The zero-order chi connectivity index (χ0) is 21.5. The number of aromatic amines is 1. The summed E-state index contributed by atoms with van der Waals surface area (Å²) in [4.78, 5) is 24.0. The van der Waals surface area contributed by atoms with Gasteiger partial charge in [0.05, 0.1) is 6.10 Å². The number of unbranched alkanes of at least 4 members (excludes halogenated alkanes) is 1. The van der Waals surface area contributed by atoms with Crippen LogP contribution in [0.15, 0.2) is 4.79 Å². The van der Waals surface area contributed by atoms with E-state index >= 15 is 0 Å². The molecule has 9 heteroatoms. The van der Waals surface area contributed by atoms with Crippen LogP contribution in [0.4, 0.5) is 0 Å². The number of rotatable bonds is 7. The van der Waals surface area contributed by atoms with Crippen LogP contribution in [0, 0.1) is 12.8 Å². The molecular weight excluding hydrogens is 391 g/mol. The fraction of sp³-hybridized carbons (Fsp3) is 0.700. The van der Waals surface area contributed by atoms with Gasteiger partial charge in [-0.3, -0.25) is 9.36 Å². The van der Waals surface area contributed by atoms with Crippen LogP contribution in [-0.4, -0.2) is 73.8 Å². The van der Waals surface area contributed by atoms with Crippen molar-refractivity contribution in [1.82, 2.24) is 19.5 Å². The van der Waals surface area contributed by atoms with Crippen LogP contribution in [0.2, 0.25) is 0 Å². The van der Waals surface area contributed by atoms with Gasteiger partial charge in [-0.05, 0) is 38.8 Å². The monoisotopic (exact) mass is 424 g/mol. The molecule has 0 saturated carbocycles. The number of aromatic nitrogens is 4. The van der Waals surface area contributed by atoms with Crippen molar-refractivity contribution < 1.29 is 14.9 Å². The molecular formula is C20H33N4O4P. The first-order chi connectivity index (χ1) is 13.5. The Morgan fingerprint density at radius 2 is 2.00 bits per heavy atom. The number of hydrogen-bond acceptors (Lipinski definition) is 6. The molecule has 0 radical (unpaired) electrons. The van der Waals surface area contributed by atoms with Gasteiger partial charge in [-0.1, -0.05) is 20.3 Å². The third-order valence-electron chi connectivity index (χ3n) is 5.37. The van der Waals surface area contributed by atoms with Crippen LogP contribution in [-0.2, 0) is 11.2 Å². The minimum Gasteiger partial charge on any atom is -0.388 e. The molecule has 1 aliphatic heterocycles. The van der Waals surface area contributed by atoms with Crippen LogP contribution >= 0.6 is 6.89 Å². The summed E-state index contributed by atoms with van der Waals surface area (Å²) in [7, 11) is 0. The molecule has 1 fully saturated rings. The van der Waals surface area contributed by atoms with E-state index in [4.69, 9.17) is 4.74 Å². The van der Waals surface area contributed by atoms with E-state index in [9.17, 15) is 15.0 Å². The van der Waals surface area contributed by atoms with Crippen LogP contribution in [0.5, 0.6) is 0 Å². The Bertz CT molecular complexity index is 979. The van der Waals surface area contributed by atoms with Crippen LogP contribution < -0.4 is 5.56 Å². The van der Waals surface area contributed by atoms with Crippen molar-refractivity contribution in [3.05, 3.63) is 22.0 Å². The average molecular weight is 424 g/mol. The number of imidazole rings is 1. The summed E-state index contributed by atoms with van der Waals surface area (Å²) in [5.41, 5.74) is 0.297. The second kappa shape index (κ2) is 8.34. The van der Waals surface area contributed by atoms with Crippen LogP contribution in [0.25, 0.3) is 11.2 Å². The molecule has 1 aliphatic rings. The highest BCUT2D eigenvalue weighted by molar-refractivity contribution is 7.72. The van der Waals surface area contributed by atoms with Crippen molar-refractivity contribution in [2.24, 2.45) is 5.92 Å². The van der Waals surface area contributed by atoms with Crippen LogP contribution in [0.1, 0.15) is 44.6 Å². The normalized spacial score (nSPS) is 26.3. The molecule has 2 aromatic heterocycles. The zero-order valence-electron chi connectivity index (χ0n) is 17.9. The predicted molar refractivity (Wildman–Crippen MR) is 117 cm³/mol. The molecule has 29 heavy (non-hydrogen) atoms. The van der Waals surface area contributed by atoms with Crippen LogP contribution in [0.3, 0.4) is 0 Å². The molecule has 0 bridgehead atoms. The first-order valence-electron chi connectivity index (χ1n) is 10.2. The Morgan fingerprint density at radius 1 is 1.31 bits per heavy atom. The third-order valence-corrected chi connectivity index (χ3v) is 6.93. The summed E-state index contributed by atoms with van der Waals surface area (Å²) in [6.07, 6.45) is 4.06. The maximum Gasteiger partial charge on any atom is 0.279 e. The van der Waals surface area contributed by atoms with E-state index < -0.39 is 31.4 Å². The SMILES string of the molecule is C=P(C)(C)CC(C)[C@H]1O[C@@H](n2c(CCCC)nc3c(=O)[nH]c(C)nc32)[C@H](O)[C@@H]1O. The number of nitrogens with zero attached hydrogens (tertiary/aromatic N) is 3. The number of fused-ring (bicyclic) bond motifs is 1. The first-order valence-corrected chi connectivity index (χ1v) is 13.3. The molecule has 0 aromatic carbocycles. The van der Waals surface area contributed by atoms with Crippen molar-refractivity contribution in [2.45, 2.75) is 64.6 Å². The lowest BCUT2D eigenvalue weighted by atomic mass is 10.00. The summed E-state index contributed by atoms with van der Waals surface area (Å²) < 4.78 is 7.91. The Morgan fingerprint density at radius 3 is 2.62 bits per heavy atom.